The van der Waals surface area contributed by atoms with E-state index in [-0.39, 0.29) is 18.6 Å². The van der Waals surface area contributed by atoms with Crippen LogP contribution in [0.25, 0.3) is 0 Å². The first kappa shape index (κ1) is 28.6. The number of aliphatic hydroxyl groups is 1. The van der Waals surface area contributed by atoms with E-state index in [2.05, 4.69) is 21.3 Å². The van der Waals surface area contributed by atoms with Crippen LogP contribution in [0.2, 0.25) is 0 Å². The Labute approximate surface area is 220 Å². The number of hydrogen-bond acceptors (Lipinski definition) is 7. The van der Waals surface area contributed by atoms with Gasteiger partial charge in [0, 0.05) is 12.8 Å². The molecule has 0 saturated carbocycles. The van der Waals surface area contributed by atoms with Crippen LogP contribution in [-0.2, 0) is 32.0 Å². The van der Waals surface area contributed by atoms with Crippen LogP contribution in [0.3, 0.4) is 0 Å². The normalized spacial score (nSPS) is 18.0. The number of aromatic hydroxyl groups is 1. The lowest BCUT2D eigenvalue weighted by molar-refractivity contribution is -0.142. The van der Waals surface area contributed by atoms with Crippen LogP contribution in [0, 0.1) is 0 Å². The topological polar surface area (TPSA) is 177 Å². The van der Waals surface area contributed by atoms with Crippen LogP contribution in [0.15, 0.2) is 54.6 Å². The Hall–Kier alpha value is -3.96. The van der Waals surface area contributed by atoms with E-state index in [4.69, 9.17) is 0 Å². The zero-order valence-electron chi connectivity index (χ0n) is 21.1. The maximum absolute atomic E-state index is 13.3. The molecule has 2 aromatic carbocycles. The van der Waals surface area contributed by atoms with E-state index in [0.717, 1.165) is 6.42 Å². The van der Waals surface area contributed by atoms with E-state index in [0.29, 0.717) is 24.1 Å². The van der Waals surface area contributed by atoms with Gasteiger partial charge < -0.3 is 36.6 Å². The molecule has 3 amide bonds. The van der Waals surface area contributed by atoms with Crippen molar-refractivity contribution in [1.29, 1.82) is 0 Å². The summed E-state index contributed by atoms with van der Waals surface area (Å²) in [5.74, 6) is -3.17. The number of carboxylic acids is 1. The first-order chi connectivity index (χ1) is 18.1. The molecule has 1 saturated heterocycles. The fourth-order valence-electron chi connectivity index (χ4n) is 4.23. The Morgan fingerprint density at radius 2 is 1.50 bits per heavy atom. The van der Waals surface area contributed by atoms with Gasteiger partial charge in [-0.25, -0.2) is 4.79 Å². The molecule has 5 atom stereocenters. The van der Waals surface area contributed by atoms with Crippen molar-refractivity contribution in [2.45, 2.75) is 62.9 Å². The van der Waals surface area contributed by atoms with Crippen LogP contribution in [-0.4, -0.2) is 75.8 Å². The number of phenolic OH excluding ortho intramolecular Hbond substituents is 1. The molecule has 0 aliphatic carbocycles. The molecule has 1 fully saturated rings. The van der Waals surface area contributed by atoms with E-state index in [9.17, 15) is 34.5 Å². The van der Waals surface area contributed by atoms with Crippen molar-refractivity contribution in [1.82, 2.24) is 21.3 Å². The standard InChI is InChI=1S/C27H34N4O7/c1-16(32)23(31-24(34)20-8-5-13-28-20)26(36)29-21(14-17-6-3-2-4-7-17)25(35)30-22(27(37)38)15-18-9-11-19(33)12-10-18/h2-4,6-7,9-12,16,20-23,28,32-33H,5,8,13-15H2,1H3,(H,29,36)(H,30,35)(H,31,34)(H,37,38). The number of carbonyl (C=O) groups excluding carboxylic acids is 3. The fourth-order valence-corrected chi connectivity index (χ4v) is 4.23. The van der Waals surface area contributed by atoms with Crippen molar-refractivity contribution in [3.8, 4) is 5.75 Å². The van der Waals surface area contributed by atoms with E-state index in [1.165, 1.54) is 19.1 Å². The Morgan fingerprint density at radius 3 is 2.08 bits per heavy atom. The van der Waals surface area contributed by atoms with Gasteiger partial charge in [-0.3, -0.25) is 14.4 Å². The minimum absolute atomic E-state index is 0.0266. The van der Waals surface area contributed by atoms with Crippen molar-refractivity contribution < 1.29 is 34.5 Å². The summed E-state index contributed by atoms with van der Waals surface area (Å²) in [4.78, 5) is 50.9. The Balaban J connectivity index is 1.75. The quantitative estimate of drug-likeness (QED) is 0.200. The van der Waals surface area contributed by atoms with Gasteiger partial charge in [-0.05, 0) is 49.6 Å². The van der Waals surface area contributed by atoms with Crippen LogP contribution in [0.4, 0.5) is 0 Å². The molecule has 2 aromatic rings. The highest BCUT2D eigenvalue weighted by atomic mass is 16.4. The zero-order valence-corrected chi connectivity index (χ0v) is 21.1. The average Bonchev–Trinajstić information content (AvgIpc) is 3.43. The summed E-state index contributed by atoms with van der Waals surface area (Å²) in [5.41, 5.74) is 1.29. The van der Waals surface area contributed by atoms with E-state index in [1.54, 1.807) is 42.5 Å². The monoisotopic (exact) mass is 526 g/mol. The lowest BCUT2D eigenvalue weighted by Crippen LogP contribution is -2.60. The molecule has 3 rings (SSSR count). The zero-order chi connectivity index (χ0) is 27.7. The fraction of sp³-hybridized carbons (Fsp3) is 0.407. The molecule has 38 heavy (non-hydrogen) atoms. The number of carbonyl (C=O) groups is 4. The third kappa shape index (κ3) is 8.29. The van der Waals surface area contributed by atoms with Gasteiger partial charge >= 0.3 is 5.97 Å². The van der Waals surface area contributed by atoms with E-state index < -0.39 is 54.0 Å². The smallest absolute Gasteiger partial charge is 0.326 e. The molecule has 1 heterocycles. The molecule has 0 bridgehead atoms. The predicted octanol–water partition coefficient (Wildman–Crippen LogP) is -0.151. The van der Waals surface area contributed by atoms with Crippen molar-refractivity contribution in [3.05, 3.63) is 65.7 Å². The van der Waals surface area contributed by atoms with Crippen LogP contribution in [0.5, 0.6) is 5.75 Å². The number of nitrogens with one attached hydrogen (secondary N) is 4. The third-order valence-electron chi connectivity index (χ3n) is 6.35. The molecule has 5 unspecified atom stereocenters. The van der Waals surface area contributed by atoms with Crippen molar-refractivity contribution in [2.24, 2.45) is 0 Å². The molecule has 0 spiro atoms. The van der Waals surface area contributed by atoms with Gasteiger partial charge in [0.1, 0.15) is 23.9 Å². The number of aliphatic hydroxyl groups excluding tert-OH is 1. The SMILES string of the molecule is CC(O)C(NC(=O)C1CCCN1)C(=O)NC(Cc1ccccc1)C(=O)NC(Cc1ccc(O)cc1)C(=O)O. The summed E-state index contributed by atoms with van der Waals surface area (Å²) < 4.78 is 0. The summed E-state index contributed by atoms with van der Waals surface area (Å²) in [5, 5.41) is 40.1. The molecule has 1 aliphatic heterocycles. The van der Waals surface area contributed by atoms with Crippen LogP contribution < -0.4 is 21.3 Å². The van der Waals surface area contributed by atoms with E-state index in [1.807, 2.05) is 0 Å². The molecule has 0 radical (unpaired) electrons. The van der Waals surface area contributed by atoms with Gasteiger partial charge in [0.05, 0.1) is 12.1 Å². The maximum Gasteiger partial charge on any atom is 0.326 e. The summed E-state index contributed by atoms with van der Waals surface area (Å²) in [7, 11) is 0. The lowest BCUT2D eigenvalue weighted by Gasteiger charge is -2.26. The molecular weight excluding hydrogens is 492 g/mol. The third-order valence-corrected chi connectivity index (χ3v) is 6.35. The summed E-state index contributed by atoms with van der Waals surface area (Å²) >= 11 is 0. The average molecular weight is 527 g/mol. The minimum atomic E-state index is -1.32. The minimum Gasteiger partial charge on any atom is -0.508 e. The molecule has 11 heteroatoms. The highest BCUT2D eigenvalue weighted by Crippen LogP contribution is 2.12. The number of amides is 3. The second kappa shape index (κ2) is 13.5. The molecule has 7 N–H and O–H groups in total. The van der Waals surface area contributed by atoms with E-state index >= 15 is 0 Å². The number of rotatable bonds is 12. The molecule has 204 valence electrons. The van der Waals surface area contributed by atoms with Crippen LogP contribution in [0.1, 0.15) is 30.9 Å². The second-order valence-corrected chi connectivity index (χ2v) is 9.40. The van der Waals surface area contributed by atoms with Gasteiger partial charge in [0.15, 0.2) is 0 Å². The summed E-state index contributed by atoms with van der Waals surface area (Å²) in [6, 6.07) is 10.5. The van der Waals surface area contributed by atoms with Gasteiger partial charge in [-0.1, -0.05) is 42.5 Å². The Bertz CT molecular complexity index is 1100. The first-order valence-electron chi connectivity index (χ1n) is 12.5. The first-order valence-corrected chi connectivity index (χ1v) is 12.5. The number of phenols is 1. The Kier molecular flexibility index (Phi) is 10.2. The predicted molar refractivity (Wildman–Crippen MR) is 138 cm³/mol. The largest absolute Gasteiger partial charge is 0.508 e. The van der Waals surface area contributed by atoms with Gasteiger partial charge in [-0.2, -0.15) is 0 Å². The van der Waals surface area contributed by atoms with Crippen molar-refractivity contribution in [2.75, 3.05) is 6.54 Å². The van der Waals surface area contributed by atoms with Gasteiger partial charge in [0.25, 0.3) is 0 Å². The van der Waals surface area contributed by atoms with Crippen molar-refractivity contribution >= 4 is 23.7 Å². The van der Waals surface area contributed by atoms with Gasteiger partial charge in [0.2, 0.25) is 17.7 Å². The maximum atomic E-state index is 13.3. The highest BCUT2D eigenvalue weighted by Gasteiger charge is 2.33. The number of aliphatic carboxylic acids is 1. The highest BCUT2D eigenvalue weighted by molar-refractivity contribution is 5.94. The number of carboxylic acid groups (broad SMARTS) is 1. The Morgan fingerprint density at radius 1 is 0.895 bits per heavy atom. The molecular formula is C27H34N4O7. The molecule has 1 aliphatic rings. The molecule has 11 nitrogen and oxygen atoms in total. The van der Waals surface area contributed by atoms with Crippen LogP contribution >= 0.6 is 0 Å². The second-order valence-electron chi connectivity index (χ2n) is 9.40. The van der Waals surface area contributed by atoms with Gasteiger partial charge in [-0.15, -0.1) is 0 Å². The molecule has 0 aromatic heterocycles. The lowest BCUT2D eigenvalue weighted by atomic mass is 10.0. The van der Waals surface area contributed by atoms with Crippen molar-refractivity contribution in [3.63, 3.8) is 0 Å². The summed E-state index contributed by atoms with van der Waals surface area (Å²) in [6.07, 6.45) is 0.180. The summed E-state index contributed by atoms with van der Waals surface area (Å²) in [6.45, 7) is 2.04. The number of hydrogen-bond donors (Lipinski definition) is 7. The number of benzene rings is 2.